The molecule has 2 atom stereocenters. The van der Waals surface area contributed by atoms with E-state index in [-0.39, 0.29) is 11.8 Å². The van der Waals surface area contributed by atoms with Gasteiger partial charge in [0.15, 0.2) is 0 Å². The summed E-state index contributed by atoms with van der Waals surface area (Å²) in [7, 11) is 0. The summed E-state index contributed by atoms with van der Waals surface area (Å²) in [5.74, 6) is 0.0152. The molecule has 0 aromatic heterocycles. The number of hydrogen-bond acceptors (Lipinski definition) is 2. The molecule has 0 rings (SSSR count). The molecule has 0 aliphatic rings. The molecule has 0 spiro atoms. The first-order chi connectivity index (χ1) is 7.63. The molecule has 0 heterocycles. The number of unbranched alkanes of at least 4 members (excludes halogenated alkanes) is 5. The highest BCUT2D eigenvalue weighted by atomic mass is 16.3. The quantitative estimate of drug-likeness (QED) is 0.458. The van der Waals surface area contributed by atoms with Crippen molar-refractivity contribution in [2.45, 2.75) is 71.8 Å². The van der Waals surface area contributed by atoms with Gasteiger partial charge in [0.25, 0.3) is 0 Å². The Hall–Kier alpha value is -0.370. The fourth-order valence-corrected chi connectivity index (χ4v) is 1.97. The Bertz CT molecular complexity index is 166. The Morgan fingerprint density at radius 1 is 1.06 bits per heavy atom. The molecule has 0 aromatic rings. The number of aliphatic hydroxyl groups excluding tert-OH is 1. The first kappa shape index (κ1) is 15.6. The molecule has 16 heavy (non-hydrogen) atoms. The summed E-state index contributed by atoms with van der Waals surface area (Å²) in [6.45, 7) is 6.13. The van der Waals surface area contributed by atoms with E-state index in [1.54, 1.807) is 0 Å². The van der Waals surface area contributed by atoms with Crippen LogP contribution < -0.4 is 0 Å². The van der Waals surface area contributed by atoms with Crippen molar-refractivity contribution >= 4 is 6.29 Å². The number of aldehydes is 1. The van der Waals surface area contributed by atoms with E-state index in [1.165, 1.54) is 32.1 Å². The number of rotatable bonds is 10. The van der Waals surface area contributed by atoms with Crippen molar-refractivity contribution in [2.24, 2.45) is 11.8 Å². The van der Waals surface area contributed by atoms with Crippen LogP contribution in [0.1, 0.15) is 65.7 Å². The van der Waals surface area contributed by atoms with Crippen molar-refractivity contribution in [1.29, 1.82) is 0 Å². The third-order valence-electron chi connectivity index (χ3n) is 3.19. The maximum atomic E-state index is 10.9. The molecule has 0 saturated carbocycles. The maximum absolute atomic E-state index is 10.9. The lowest BCUT2D eigenvalue weighted by molar-refractivity contribution is -0.115. The van der Waals surface area contributed by atoms with E-state index in [0.717, 1.165) is 19.1 Å². The predicted molar refractivity (Wildman–Crippen MR) is 68.4 cm³/mol. The van der Waals surface area contributed by atoms with E-state index in [0.29, 0.717) is 0 Å². The molecule has 0 amide bonds. The van der Waals surface area contributed by atoms with Gasteiger partial charge in [-0.3, -0.25) is 0 Å². The lowest BCUT2D eigenvalue weighted by Crippen LogP contribution is -2.27. The Balaban J connectivity index is 3.59. The number of carbonyl (C=O) groups is 1. The molecule has 2 heteroatoms. The lowest BCUT2D eigenvalue weighted by Gasteiger charge is -2.20. The number of carbonyl (C=O) groups excluding carboxylic acids is 1. The summed E-state index contributed by atoms with van der Waals surface area (Å²) < 4.78 is 0. The average Bonchev–Trinajstić information content (AvgIpc) is 2.27. The van der Waals surface area contributed by atoms with Crippen LogP contribution in [-0.4, -0.2) is 17.5 Å². The van der Waals surface area contributed by atoms with Crippen LogP contribution in [0, 0.1) is 11.8 Å². The summed E-state index contributed by atoms with van der Waals surface area (Å²) in [5.41, 5.74) is 0. The first-order valence-electron chi connectivity index (χ1n) is 6.76. The van der Waals surface area contributed by atoms with Gasteiger partial charge in [0.05, 0.1) is 6.10 Å². The zero-order valence-electron chi connectivity index (χ0n) is 11.1. The van der Waals surface area contributed by atoms with Crippen molar-refractivity contribution in [1.82, 2.24) is 0 Å². The van der Waals surface area contributed by atoms with Gasteiger partial charge >= 0.3 is 0 Å². The smallest absolute Gasteiger partial charge is 0.125 e. The second kappa shape index (κ2) is 9.83. The van der Waals surface area contributed by atoms with E-state index >= 15 is 0 Å². The summed E-state index contributed by atoms with van der Waals surface area (Å²) in [6.07, 6.45) is 8.70. The third kappa shape index (κ3) is 7.00. The molecule has 0 aromatic carbocycles. The molecule has 0 bridgehead atoms. The first-order valence-corrected chi connectivity index (χ1v) is 6.76. The molecule has 2 nitrogen and oxygen atoms in total. The molecule has 0 aliphatic carbocycles. The van der Waals surface area contributed by atoms with E-state index in [2.05, 4.69) is 6.92 Å². The fourth-order valence-electron chi connectivity index (χ4n) is 1.97. The van der Waals surface area contributed by atoms with E-state index < -0.39 is 6.10 Å². The molecule has 0 saturated heterocycles. The highest BCUT2D eigenvalue weighted by Gasteiger charge is 2.20. The lowest BCUT2D eigenvalue weighted by atomic mass is 9.90. The van der Waals surface area contributed by atoms with Crippen LogP contribution in [0.25, 0.3) is 0 Å². The second-order valence-electron chi connectivity index (χ2n) is 5.09. The minimum Gasteiger partial charge on any atom is -0.392 e. The van der Waals surface area contributed by atoms with Gasteiger partial charge in [0, 0.05) is 5.92 Å². The maximum Gasteiger partial charge on any atom is 0.125 e. The van der Waals surface area contributed by atoms with Crippen molar-refractivity contribution in [3.63, 3.8) is 0 Å². The SMILES string of the molecule is CCCCCCCC[C@H](C=O)[C@@H](O)C(C)C. The summed E-state index contributed by atoms with van der Waals surface area (Å²) >= 11 is 0. The number of hydrogen-bond donors (Lipinski definition) is 1. The van der Waals surface area contributed by atoms with Crippen LogP contribution in [-0.2, 0) is 4.79 Å². The standard InChI is InChI=1S/C14H28O2/c1-4-5-6-7-8-9-10-13(11-15)14(16)12(2)3/h11-14,16H,4-10H2,1-3H3/t13-,14+/m1/s1. The van der Waals surface area contributed by atoms with Gasteiger partial charge in [-0.15, -0.1) is 0 Å². The van der Waals surface area contributed by atoms with Gasteiger partial charge in [-0.05, 0) is 12.3 Å². The largest absolute Gasteiger partial charge is 0.392 e. The van der Waals surface area contributed by atoms with Crippen LogP contribution in [0.5, 0.6) is 0 Å². The zero-order chi connectivity index (χ0) is 12.4. The van der Waals surface area contributed by atoms with Gasteiger partial charge in [-0.25, -0.2) is 0 Å². The minimum atomic E-state index is -0.465. The number of aliphatic hydroxyl groups is 1. The molecular weight excluding hydrogens is 200 g/mol. The van der Waals surface area contributed by atoms with Gasteiger partial charge in [-0.1, -0.05) is 59.3 Å². The van der Waals surface area contributed by atoms with Crippen LogP contribution in [0.3, 0.4) is 0 Å². The highest BCUT2D eigenvalue weighted by molar-refractivity contribution is 5.54. The Morgan fingerprint density at radius 3 is 2.12 bits per heavy atom. The van der Waals surface area contributed by atoms with Crippen molar-refractivity contribution in [2.75, 3.05) is 0 Å². The molecular formula is C14H28O2. The van der Waals surface area contributed by atoms with Crippen LogP contribution in [0.2, 0.25) is 0 Å². The van der Waals surface area contributed by atoms with E-state index in [9.17, 15) is 9.90 Å². The summed E-state index contributed by atoms with van der Waals surface area (Å²) in [6, 6.07) is 0. The fraction of sp³-hybridized carbons (Fsp3) is 0.929. The van der Waals surface area contributed by atoms with Gasteiger partial charge in [0.1, 0.15) is 6.29 Å². The van der Waals surface area contributed by atoms with Gasteiger partial charge < -0.3 is 9.90 Å². The van der Waals surface area contributed by atoms with Crippen LogP contribution in [0.4, 0.5) is 0 Å². The Labute approximate surface area is 100 Å². The molecule has 0 aliphatic heterocycles. The Kier molecular flexibility index (Phi) is 9.60. The average molecular weight is 228 g/mol. The van der Waals surface area contributed by atoms with Crippen molar-refractivity contribution in [3.8, 4) is 0 Å². The summed E-state index contributed by atoms with van der Waals surface area (Å²) in [5, 5.41) is 9.80. The van der Waals surface area contributed by atoms with Crippen molar-refractivity contribution < 1.29 is 9.90 Å². The monoisotopic (exact) mass is 228 g/mol. The van der Waals surface area contributed by atoms with Gasteiger partial charge in [0.2, 0.25) is 0 Å². The highest BCUT2D eigenvalue weighted by Crippen LogP contribution is 2.18. The van der Waals surface area contributed by atoms with E-state index in [1.807, 2.05) is 13.8 Å². The third-order valence-corrected chi connectivity index (χ3v) is 3.19. The topological polar surface area (TPSA) is 37.3 Å². The molecule has 0 radical (unpaired) electrons. The predicted octanol–water partition coefficient (Wildman–Crippen LogP) is 3.57. The van der Waals surface area contributed by atoms with Gasteiger partial charge in [-0.2, -0.15) is 0 Å². The molecule has 0 unspecified atom stereocenters. The minimum absolute atomic E-state index is 0.161. The normalized spacial score (nSPS) is 15.1. The molecule has 96 valence electrons. The van der Waals surface area contributed by atoms with Crippen LogP contribution >= 0.6 is 0 Å². The van der Waals surface area contributed by atoms with E-state index in [4.69, 9.17) is 0 Å². The molecule has 1 N–H and O–H groups in total. The van der Waals surface area contributed by atoms with Crippen LogP contribution in [0.15, 0.2) is 0 Å². The molecule has 0 fully saturated rings. The summed E-state index contributed by atoms with van der Waals surface area (Å²) in [4.78, 5) is 10.9. The second-order valence-corrected chi connectivity index (χ2v) is 5.09. The Morgan fingerprint density at radius 2 is 1.62 bits per heavy atom. The zero-order valence-corrected chi connectivity index (χ0v) is 11.1. The van der Waals surface area contributed by atoms with Crippen molar-refractivity contribution in [3.05, 3.63) is 0 Å².